The maximum Gasteiger partial charge on any atom is 0.273 e. The first kappa shape index (κ1) is 17.6. The fraction of sp³-hybridized carbons (Fsp3) is 0.188. The molecule has 0 aliphatic heterocycles. The molecule has 0 aliphatic carbocycles. The quantitative estimate of drug-likeness (QED) is 0.635. The van der Waals surface area contributed by atoms with Crippen LogP contribution in [-0.4, -0.2) is 24.5 Å². The summed E-state index contributed by atoms with van der Waals surface area (Å²) in [4.78, 5) is 22.2. The Morgan fingerprint density at radius 1 is 1.25 bits per heavy atom. The number of nitrogens with zero attached hydrogens (tertiary/aromatic N) is 1. The van der Waals surface area contributed by atoms with E-state index in [1.165, 1.54) is 25.3 Å². The van der Waals surface area contributed by atoms with Crippen molar-refractivity contribution in [1.29, 1.82) is 0 Å². The Bertz CT molecular complexity index is 779. The number of nitro benzene ring substituents is 1. The predicted octanol–water partition coefficient (Wildman–Crippen LogP) is 3.58. The summed E-state index contributed by atoms with van der Waals surface area (Å²) >= 11 is 5.86. The zero-order valence-corrected chi connectivity index (χ0v) is 13.8. The number of anilines is 1. The second-order valence-corrected chi connectivity index (χ2v) is 5.32. The molecule has 1 amide bonds. The highest BCUT2D eigenvalue weighted by Crippen LogP contribution is 2.29. The lowest BCUT2D eigenvalue weighted by Gasteiger charge is -2.12. The number of hydrogen-bond acceptors (Lipinski definition) is 5. The molecule has 0 unspecified atom stereocenters. The third kappa shape index (κ3) is 4.36. The van der Waals surface area contributed by atoms with Gasteiger partial charge >= 0.3 is 0 Å². The average Bonchev–Trinajstić information content (AvgIpc) is 2.54. The molecule has 0 aliphatic rings. The van der Waals surface area contributed by atoms with Crippen molar-refractivity contribution >= 4 is 28.9 Å². The van der Waals surface area contributed by atoms with E-state index in [1.54, 1.807) is 18.2 Å². The van der Waals surface area contributed by atoms with Crippen LogP contribution in [0.5, 0.6) is 11.5 Å². The summed E-state index contributed by atoms with van der Waals surface area (Å²) in [6.07, 6.45) is 0. The van der Waals surface area contributed by atoms with Crippen molar-refractivity contribution < 1.29 is 19.2 Å². The fourth-order valence-electron chi connectivity index (χ4n) is 2.00. The van der Waals surface area contributed by atoms with Crippen LogP contribution in [0.2, 0.25) is 5.02 Å². The normalized spacial score (nSPS) is 10.1. The topological polar surface area (TPSA) is 90.7 Å². The van der Waals surface area contributed by atoms with Gasteiger partial charge < -0.3 is 14.8 Å². The van der Waals surface area contributed by atoms with Crippen LogP contribution in [0.1, 0.15) is 5.56 Å². The number of hydrogen-bond donors (Lipinski definition) is 1. The highest BCUT2D eigenvalue weighted by Gasteiger charge is 2.14. The molecule has 0 aromatic heterocycles. The molecule has 0 saturated heterocycles. The summed E-state index contributed by atoms with van der Waals surface area (Å²) in [5, 5.41) is 13.9. The minimum Gasteiger partial charge on any atom is -0.494 e. The van der Waals surface area contributed by atoms with Crippen molar-refractivity contribution in [2.75, 3.05) is 19.0 Å². The number of ether oxygens (including phenoxy) is 2. The van der Waals surface area contributed by atoms with Gasteiger partial charge in [0, 0.05) is 11.1 Å². The van der Waals surface area contributed by atoms with Gasteiger partial charge in [0.25, 0.3) is 11.6 Å². The number of nitro groups is 1. The van der Waals surface area contributed by atoms with Crippen LogP contribution in [0.15, 0.2) is 36.4 Å². The number of amides is 1. The standard InChI is InChI=1S/C16H15ClN2O5/c1-10-7-11(17)3-6-14(10)24-9-16(20)18-13-5-4-12(19(21)22)8-15(13)23-2/h3-8H,9H2,1-2H3,(H,18,20). The van der Waals surface area contributed by atoms with Crippen LogP contribution >= 0.6 is 11.6 Å². The van der Waals surface area contributed by atoms with Gasteiger partial charge in [0.1, 0.15) is 11.5 Å². The van der Waals surface area contributed by atoms with Crippen molar-refractivity contribution in [3.8, 4) is 11.5 Å². The van der Waals surface area contributed by atoms with Crippen molar-refractivity contribution in [3.63, 3.8) is 0 Å². The highest BCUT2D eigenvalue weighted by molar-refractivity contribution is 6.30. The maximum atomic E-state index is 12.0. The second kappa shape index (κ2) is 7.65. The fourth-order valence-corrected chi connectivity index (χ4v) is 2.23. The molecule has 8 heteroatoms. The van der Waals surface area contributed by atoms with E-state index >= 15 is 0 Å². The maximum absolute atomic E-state index is 12.0. The van der Waals surface area contributed by atoms with Crippen LogP contribution in [-0.2, 0) is 4.79 Å². The lowest BCUT2D eigenvalue weighted by molar-refractivity contribution is -0.384. The van der Waals surface area contributed by atoms with E-state index in [2.05, 4.69) is 5.32 Å². The number of halogens is 1. The third-order valence-corrected chi connectivity index (χ3v) is 3.40. The summed E-state index contributed by atoms with van der Waals surface area (Å²) in [6.45, 7) is 1.60. The molecule has 0 spiro atoms. The SMILES string of the molecule is COc1cc([N+](=O)[O-])ccc1NC(=O)COc1ccc(Cl)cc1C. The molecule has 126 valence electrons. The Kier molecular flexibility index (Phi) is 5.59. The molecular weight excluding hydrogens is 336 g/mol. The predicted molar refractivity (Wildman–Crippen MR) is 90.0 cm³/mol. The molecule has 0 fully saturated rings. The van der Waals surface area contributed by atoms with Crippen molar-refractivity contribution in [2.24, 2.45) is 0 Å². The molecule has 0 heterocycles. The molecular formula is C16H15ClN2O5. The zero-order valence-electron chi connectivity index (χ0n) is 13.0. The summed E-state index contributed by atoms with van der Waals surface area (Å²) in [5.74, 6) is 0.321. The molecule has 2 rings (SSSR count). The van der Waals surface area contributed by atoms with Crippen LogP contribution in [0.4, 0.5) is 11.4 Å². The van der Waals surface area contributed by atoms with Gasteiger partial charge in [0.05, 0.1) is 23.8 Å². The summed E-state index contributed by atoms with van der Waals surface area (Å²) < 4.78 is 10.5. The first-order valence-corrected chi connectivity index (χ1v) is 7.29. The number of rotatable bonds is 6. The van der Waals surface area contributed by atoms with Crippen LogP contribution in [0, 0.1) is 17.0 Å². The Hall–Kier alpha value is -2.80. The second-order valence-electron chi connectivity index (χ2n) is 4.89. The van der Waals surface area contributed by atoms with E-state index in [4.69, 9.17) is 21.1 Å². The molecule has 7 nitrogen and oxygen atoms in total. The third-order valence-electron chi connectivity index (χ3n) is 3.17. The largest absolute Gasteiger partial charge is 0.494 e. The Morgan fingerprint density at radius 3 is 2.62 bits per heavy atom. The Labute approximate surface area is 143 Å². The van der Waals surface area contributed by atoms with E-state index in [0.717, 1.165) is 5.56 Å². The van der Waals surface area contributed by atoms with Gasteiger partial charge in [-0.3, -0.25) is 14.9 Å². The molecule has 0 atom stereocenters. The molecule has 24 heavy (non-hydrogen) atoms. The van der Waals surface area contributed by atoms with E-state index in [1.807, 2.05) is 6.92 Å². The van der Waals surface area contributed by atoms with Gasteiger partial charge in [0.15, 0.2) is 6.61 Å². The number of carbonyl (C=O) groups excluding carboxylic acids is 1. The van der Waals surface area contributed by atoms with Crippen molar-refractivity contribution in [1.82, 2.24) is 0 Å². The summed E-state index contributed by atoms with van der Waals surface area (Å²) in [5.41, 5.74) is 1.01. The number of nitrogens with one attached hydrogen (secondary N) is 1. The molecule has 0 bridgehead atoms. The van der Waals surface area contributed by atoms with Gasteiger partial charge in [-0.2, -0.15) is 0 Å². The van der Waals surface area contributed by atoms with E-state index in [-0.39, 0.29) is 18.0 Å². The lowest BCUT2D eigenvalue weighted by Crippen LogP contribution is -2.20. The average molecular weight is 351 g/mol. The van der Waals surface area contributed by atoms with Crippen molar-refractivity contribution in [2.45, 2.75) is 6.92 Å². The van der Waals surface area contributed by atoms with E-state index in [0.29, 0.717) is 16.5 Å². The Balaban J connectivity index is 2.03. The van der Waals surface area contributed by atoms with E-state index < -0.39 is 10.8 Å². The minimum atomic E-state index is -0.541. The highest BCUT2D eigenvalue weighted by atomic mass is 35.5. The van der Waals surface area contributed by atoms with Crippen LogP contribution in [0.3, 0.4) is 0 Å². The van der Waals surface area contributed by atoms with Gasteiger partial charge in [-0.05, 0) is 36.8 Å². The van der Waals surface area contributed by atoms with Crippen molar-refractivity contribution in [3.05, 3.63) is 57.1 Å². The number of aryl methyl sites for hydroxylation is 1. The molecule has 0 radical (unpaired) electrons. The molecule has 2 aromatic rings. The number of non-ortho nitro benzene ring substituents is 1. The van der Waals surface area contributed by atoms with Crippen LogP contribution < -0.4 is 14.8 Å². The van der Waals surface area contributed by atoms with Crippen LogP contribution in [0.25, 0.3) is 0 Å². The minimum absolute atomic E-state index is 0.127. The molecule has 0 saturated carbocycles. The molecule has 1 N–H and O–H groups in total. The van der Waals surface area contributed by atoms with E-state index in [9.17, 15) is 14.9 Å². The first-order chi connectivity index (χ1) is 11.4. The number of carbonyl (C=O) groups is 1. The van der Waals surface area contributed by atoms with Gasteiger partial charge in [-0.15, -0.1) is 0 Å². The van der Waals surface area contributed by atoms with Gasteiger partial charge in [-0.25, -0.2) is 0 Å². The van der Waals surface area contributed by atoms with Gasteiger partial charge in [0.2, 0.25) is 0 Å². The molecule has 2 aromatic carbocycles. The number of benzene rings is 2. The first-order valence-electron chi connectivity index (χ1n) is 6.92. The Morgan fingerprint density at radius 2 is 2.00 bits per heavy atom. The summed E-state index contributed by atoms with van der Waals surface area (Å²) in [6, 6.07) is 9.00. The van der Waals surface area contributed by atoms with Gasteiger partial charge in [-0.1, -0.05) is 11.6 Å². The smallest absolute Gasteiger partial charge is 0.273 e. The zero-order chi connectivity index (χ0) is 17.7. The monoisotopic (exact) mass is 350 g/mol. The summed E-state index contributed by atoms with van der Waals surface area (Å²) in [7, 11) is 1.36. The number of methoxy groups -OCH3 is 1. The lowest BCUT2D eigenvalue weighted by atomic mass is 10.2.